The predicted molar refractivity (Wildman–Crippen MR) is 126 cm³/mol. The molecule has 12 nitrogen and oxygen atoms in total. The first-order valence-electron chi connectivity index (χ1n) is 11.0. The van der Waals surface area contributed by atoms with E-state index in [4.69, 9.17) is 4.74 Å². The number of ether oxygens (including phenoxy) is 1. The first-order chi connectivity index (χ1) is 17.1. The van der Waals surface area contributed by atoms with Crippen molar-refractivity contribution in [1.29, 1.82) is 0 Å². The molecule has 1 N–H and O–H groups in total. The monoisotopic (exact) mass is 473 g/mol. The van der Waals surface area contributed by atoms with Crippen molar-refractivity contribution in [2.75, 3.05) is 31.6 Å². The Bertz CT molecular complexity index is 1360. The number of hydrogen-bond donors (Lipinski definition) is 1. The van der Waals surface area contributed by atoms with Crippen molar-refractivity contribution in [3.63, 3.8) is 0 Å². The zero-order chi connectivity index (χ0) is 24.2. The van der Waals surface area contributed by atoms with Gasteiger partial charge in [0.15, 0.2) is 5.82 Å². The van der Waals surface area contributed by atoms with E-state index in [1.165, 1.54) is 23.4 Å². The molecule has 1 aliphatic heterocycles. The molecule has 35 heavy (non-hydrogen) atoms. The van der Waals surface area contributed by atoms with Gasteiger partial charge in [-0.25, -0.2) is 24.3 Å². The molecule has 12 heteroatoms. The molecule has 0 saturated carbocycles. The van der Waals surface area contributed by atoms with E-state index in [1.54, 1.807) is 30.3 Å². The summed E-state index contributed by atoms with van der Waals surface area (Å²) in [5.41, 5.74) is 1.32. The molecule has 0 radical (unpaired) electrons. The highest BCUT2D eigenvalue weighted by molar-refractivity contribution is 5.81. The molecule has 3 aromatic heterocycles. The average Bonchev–Trinajstić information content (AvgIpc) is 3.40. The summed E-state index contributed by atoms with van der Waals surface area (Å²) < 4.78 is 8.09. The van der Waals surface area contributed by atoms with Crippen LogP contribution >= 0.6 is 0 Å². The summed E-state index contributed by atoms with van der Waals surface area (Å²) in [5.74, 6) is 1.85. The van der Waals surface area contributed by atoms with Gasteiger partial charge in [-0.05, 0) is 30.3 Å². The first kappa shape index (κ1) is 22.2. The van der Waals surface area contributed by atoms with E-state index in [0.717, 1.165) is 17.1 Å². The van der Waals surface area contributed by atoms with Gasteiger partial charge in [0.2, 0.25) is 5.91 Å². The molecule has 1 fully saturated rings. The van der Waals surface area contributed by atoms with E-state index in [2.05, 4.69) is 30.5 Å². The Labute approximate surface area is 200 Å². The molecule has 0 aliphatic carbocycles. The van der Waals surface area contributed by atoms with Crippen molar-refractivity contribution in [3.8, 4) is 22.8 Å². The highest BCUT2D eigenvalue weighted by Crippen LogP contribution is 2.23. The van der Waals surface area contributed by atoms with Gasteiger partial charge in [0, 0.05) is 37.3 Å². The number of hydrogen-bond acceptors (Lipinski definition) is 9. The maximum Gasteiger partial charge on any atom is 0.266 e. The molecule has 1 saturated heterocycles. The minimum Gasteiger partial charge on any atom is -0.497 e. The third-order valence-electron chi connectivity index (χ3n) is 5.74. The number of nitrogens with zero attached hydrogens (tertiary/aromatic N) is 8. The standard InChI is InChI=1S/C23H23N9O3/c1-35-18-4-2-16(3-5-18)19-6-7-22(33)31(29-19)9-8-25-23(34)17-11-30(12-17)20-10-21(27-14-26-20)32-15-24-13-28-32/h2-7,10,13-15,17H,8-9,11-12H2,1H3,(H,25,34). The number of benzene rings is 1. The summed E-state index contributed by atoms with van der Waals surface area (Å²) in [7, 11) is 1.61. The summed E-state index contributed by atoms with van der Waals surface area (Å²) in [6.07, 6.45) is 4.46. The molecule has 4 heterocycles. The molecular weight excluding hydrogens is 450 g/mol. The Kier molecular flexibility index (Phi) is 6.16. The Morgan fingerprint density at radius 1 is 1.09 bits per heavy atom. The number of aromatic nitrogens is 7. The van der Waals surface area contributed by atoms with E-state index in [9.17, 15) is 9.59 Å². The highest BCUT2D eigenvalue weighted by atomic mass is 16.5. The molecule has 1 aliphatic rings. The normalized spacial score (nSPS) is 13.3. The lowest BCUT2D eigenvalue weighted by Crippen LogP contribution is -2.54. The average molecular weight is 473 g/mol. The SMILES string of the molecule is COc1ccc(-c2ccc(=O)n(CCNC(=O)C3CN(c4cc(-n5cncn5)ncn4)C3)n2)cc1. The zero-order valence-corrected chi connectivity index (χ0v) is 19.0. The predicted octanol–water partition coefficient (Wildman–Crippen LogP) is 0.542. The summed E-state index contributed by atoms with van der Waals surface area (Å²) in [4.78, 5) is 39.2. The van der Waals surface area contributed by atoms with Crippen molar-refractivity contribution in [1.82, 2.24) is 39.8 Å². The second-order valence-corrected chi connectivity index (χ2v) is 7.98. The molecule has 1 aromatic carbocycles. The second-order valence-electron chi connectivity index (χ2n) is 7.98. The number of methoxy groups -OCH3 is 1. The van der Waals surface area contributed by atoms with Gasteiger partial charge in [-0.15, -0.1) is 0 Å². The van der Waals surface area contributed by atoms with Crippen molar-refractivity contribution in [3.05, 3.63) is 71.8 Å². The lowest BCUT2D eigenvalue weighted by molar-refractivity contribution is -0.125. The maximum absolute atomic E-state index is 12.6. The minimum absolute atomic E-state index is 0.0637. The van der Waals surface area contributed by atoms with Crippen LogP contribution in [0, 0.1) is 5.92 Å². The molecular formula is C23H23N9O3. The van der Waals surface area contributed by atoms with Crippen LogP contribution in [0.4, 0.5) is 5.82 Å². The largest absolute Gasteiger partial charge is 0.497 e. The van der Waals surface area contributed by atoms with Crippen molar-refractivity contribution >= 4 is 11.7 Å². The molecule has 0 spiro atoms. The van der Waals surface area contributed by atoms with Gasteiger partial charge in [0.05, 0.1) is 25.3 Å². The van der Waals surface area contributed by atoms with E-state index in [0.29, 0.717) is 31.1 Å². The minimum atomic E-state index is -0.224. The fourth-order valence-corrected chi connectivity index (χ4v) is 3.75. The lowest BCUT2D eigenvalue weighted by Gasteiger charge is -2.39. The summed E-state index contributed by atoms with van der Waals surface area (Å²) in [5, 5.41) is 11.4. The van der Waals surface area contributed by atoms with Gasteiger partial charge in [-0.3, -0.25) is 9.59 Å². The van der Waals surface area contributed by atoms with E-state index >= 15 is 0 Å². The Balaban J connectivity index is 1.14. The number of amides is 1. The van der Waals surface area contributed by atoms with Crippen molar-refractivity contribution < 1.29 is 9.53 Å². The van der Waals surface area contributed by atoms with Gasteiger partial charge in [0.1, 0.15) is 30.5 Å². The lowest BCUT2D eigenvalue weighted by atomic mass is 9.99. The van der Waals surface area contributed by atoms with E-state index < -0.39 is 0 Å². The summed E-state index contributed by atoms with van der Waals surface area (Å²) in [6, 6.07) is 12.4. The van der Waals surface area contributed by atoms with E-state index in [-0.39, 0.29) is 23.9 Å². The van der Waals surface area contributed by atoms with Crippen molar-refractivity contribution in [2.45, 2.75) is 6.54 Å². The van der Waals surface area contributed by atoms with Crippen LogP contribution in [0.5, 0.6) is 5.75 Å². The fourth-order valence-electron chi connectivity index (χ4n) is 3.75. The van der Waals surface area contributed by atoms with Gasteiger partial charge in [-0.1, -0.05) is 0 Å². The third-order valence-corrected chi connectivity index (χ3v) is 5.74. The Morgan fingerprint density at radius 3 is 2.63 bits per heavy atom. The fraction of sp³-hybridized carbons (Fsp3) is 0.261. The molecule has 0 bridgehead atoms. The number of nitrogens with one attached hydrogen (secondary N) is 1. The third kappa shape index (κ3) is 4.86. The number of rotatable bonds is 8. The number of carbonyl (C=O) groups is 1. The topological polar surface area (TPSA) is 133 Å². The molecule has 5 rings (SSSR count). The van der Waals surface area contributed by atoms with Crippen LogP contribution in [0.2, 0.25) is 0 Å². The molecule has 0 unspecified atom stereocenters. The summed E-state index contributed by atoms with van der Waals surface area (Å²) in [6.45, 7) is 1.67. The molecule has 178 valence electrons. The van der Waals surface area contributed by atoms with Crippen LogP contribution in [-0.2, 0) is 11.3 Å². The van der Waals surface area contributed by atoms with Gasteiger partial charge in [0.25, 0.3) is 5.56 Å². The van der Waals surface area contributed by atoms with Gasteiger partial charge in [-0.2, -0.15) is 10.2 Å². The van der Waals surface area contributed by atoms with Crippen molar-refractivity contribution in [2.24, 2.45) is 5.92 Å². The summed E-state index contributed by atoms with van der Waals surface area (Å²) >= 11 is 0. The Morgan fingerprint density at radius 2 is 1.89 bits per heavy atom. The molecule has 0 atom stereocenters. The van der Waals surface area contributed by atoms with Crippen LogP contribution in [0.1, 0.15) is 0 Å². The highest BCUT2D eigenvalue weighted by Gasteiger charge is 2.33. The first-order valence-corrected chi connectivity index (χ1v) is 11.0. The molecule has 1 amide bonds. The van der Waals surface area contributed by atoms with Gasteiger partial charge < -0.3 is 15.0 Å². The Hall–Kier alpha value is -4.61. The van der Waals surface area contributed by atoms with Crippen LogP contribution in [-0.4, -0.2) is 67.2 Å². The van der Waals surface area contributed by atoms with Crippen LogP contribution < -0.4 is 20.5 Å². The van der Waals surface area contributed by atoms with E-state index in [1.807, 2.05) is 29.2 Å². The van der Waals surface area contributed by atoms with Gasteiger partial charge >= 0.3 is 0 Å². The zero-order valence-electron chi connectivity index (χ0n) is 19.0. The van der Waals surface area contributed by atoms with Crippen LogP contribution in [0.25, 0.3) is 17.1 Å². The van der Waals surface area contributed by atoms with Crippen LogP contribution in [0.15, 0.2) is 66.2 Å². The maximum atomic E-state index is 12.6. The second kappa shape index (κ2) is 9.71. The molecule has 4 aromatic rings. The number of anilines is 1. The van der Waals surface area contributed by atoms with Crippen LogP contribution in [0.3, 0.4) is 0 Å². The smallest absolute Gasteiger partial charge is 0.266 e. The number of carbonyl (C=O) groups excluding carboxylic acids is 1. The quantitative estimate of drug-likeness (QED) is 0.389.